The molecule has 1 aromatic rings. The molecule has 0 N–H and O–H groups in total. The van der Waals surface area contributed by atoms with Crippen LogP contribution in [0.5, 0.6) is 0 Å². The maximum Gasteiger partial charge on any atom is 0.205 e. The SMILES string of the molecule is CC(C)C1=C(Cl)C(=O)c2ccccc2C1=O. The van der Waals surface area contributed by atoms with Crippen LogP contribution in [0.25, 0.3) is 0 Å². The van der Waals surface area contributed by atoms with Gasteiger partial charge < -0.3 is 0 Å². The summed E-state index contributed by atoms with van der Waals surface area (Å²) >= 11 is 5.96. The van der Waals surface area contributed by atoms with E-state index in [1.54, 1.807) is 24.3 Å². The Labute approximate surface area is 98.9 Å². The second-order valence-corrected chi connectivity index (χ2v) is 4.46. The molecule has 0 atom stereocenters. The van der Waals surface area contributed by atoms with Crippen LogP contribution in [-0.4, -0.2) is 11.6 Å². The van der Waals surface area contributed by atoms with E-state index in [1.807, 2.05) is 13.8 Å². The van der Waals surface area contributed by atoms with Gasteiger partial charge in [-0.15, -0.1) is 0 Å². The molecule has 0 bridgehead atoms. The van der Waals surface area contributed by atoms with E-state index in [0.29, 0.717) is 16.7 Å². The fourth-order valence-corrected chi connectivity index (χ4v) is 2.29. The summed E-state index contributed by atoms with van der Waals surface area (Å²) in [6, 6.07) is 6.78. The lowest BCUT2D eigenvalue weighted by Crippen LogP contribution is -2.22. The van der Waals surface area contributed by atoms with Crippen LogP contribution in [0, 0.1) is 5.92 Å². The van der Waals surface area contributed by atoms with Crippen LogP contribution in [-0.2, 0) is 0 Å². The number of allylic oxidation sites excluding steroid dienone is 2. The summed E-state index contributed by atoms with van der Waals surface area (Å²) in [6.07, 6.45) is 0. The van der Waals surface area contributed by atoms with Crippen molar-refractivity contribution in [3.05, 3.63) is 46.0 Å². The highest BCUT2D eigenvalue weighted by Crippen LogP contribution is 2.31. The minimum atomic E-state index is -0.249. The topological polar surface area (TPSA) is 34.1 Å². The average Bonchev–Trinajstić information content (AvgIpc) is 2.26. The molecule has 3 heteroatoms. The zero-order valence-corrected chi connectivity index (χ0v) is 9.84. The first kappa shape index (κ1) is 11.1. The predicted octanol–water partition coefficient (Wildman–Crippen LogP) is 3.21. The fourth-order valence-electron chi connectivity index (χ4n) is 1.88. The molecular weight excluding hydrogens is 224 g/mol. The molecule has 82 valence electrons. The average molecular weight is 235 g/mol. The Kier molecular flexibility index (Phi) is 2.68. The van der Waals surface area contributed by atoms with E-state index in [-0.39, 0.29) is 22.5 Å². The highest BCUT2D eigenvalue weighted by molar-refractivity contribution is 6.50. The van der Waals surface area contributed by atoms with Crippen molar-refractivity contribution in [1.29, 1.82) is 0 Å². The summed E-state index contributed by atoms with van der Waals surface area (Å²) in [6.45, 7) is 3.72. The smallest absolute Gasteiger partial charge is 0.205 e. The van der Waals surface area contributed by atoms with E-state index in [1.165, 1.54) is 0 Å². The lowest BCUT2D eigenvalue weighted by atomic mass is 9.84. The van der Waals surface area contributed by atoms with Gasteiger partial charge in [0.1, 0.15) is 0 Å². The van der Waals surface area contributed by atoms with Crippen LogP contribution >= 0.6 is 11.6 Å². The van der Waals surface area contributed by atoms with Gasteiger partial charge in [-0.05, 0) is 5.92 Å². The highest BCUT2D eigenvalue weighted by Gasteiger charge is 2.31. The third-order valence-electron chi connectivity index (χ3n) is 2.67. The van der Waals surface area contributed by atoms with E-state index in [0.717, 1.165) is 0 Å². The van der Waals surface area contributed by atoms with Gasteiger partial charge in [-0.2, -0.15) is 0 Å². The Morgan fingerprint density at radius 3 is 2.00 bits per heavy atom. The number of halogens is 1. The second kappa shape index (κ2) is 3.87. The standard InChI is InChI=1S/C13H11ClO2/c1-7(2)10-11(14)13(16)9-6-4-3-5-8(9)12(10)15/h3-7H,1-2H3. The van der Waals surface area contributed by atoms with Crippen molar-refractivity contribution in [3.63, 3.8) is 0 Å². The molecule has 0 saturated heterocycles. The van der Waals surface area contributed by atoms with Crippen LogP contribution in [0.3, 0.4) is 0 Å². The number of ketones is 2. The van der Waals surface area contributed by atoms with Crippen molar-refractivity contribution in [1.82, 2.24) is 0 Å². The molecule has 0 unspecified atom stereocenters. The van der Waals surface area contributed by atoms with Crippen LogP contribution in [0.4, 0.5) is 0 Å². The van der Waals surface area contributed by atoms with Crippen molar-refractivity contribution in [2.45, 2.75) is 13.8 Å². The normalized spacial score (nSPS) is 15.8. The van der Waals surface area contributed by atoms with Crippen LogP contribution in [0.15, 0.2) is 34.9 Å². The molecule has 2 rings (SSSR count). The van der Waals surface area contributed by atoms with Gasteiger partial charge in [0.15, 0.2) is 5.78 Å². The molecule has 16 heavy (non-hydrogen) atoms. The number of carbonyl (C=O) groups is 2. The minimum absolute atomic E-state index is 0.0442. The lowest BCUT2D eigenvalue weighted by Gasteiger charge is -2.19. The Morgan fingerprint density at radius 1 is 1.00 bits per heavy atom. The van der Waals surface area contributed by atoms with Gasteiger partial charge in [0.05, 0.1) is 5.03 Å². The summed E-state index contributed by atoms with van der Waals surface area (Å²) in [5, 5.41) is 0.0682. The predicted molar refractivity (Wildman–Crippen MR) is 62.8 cm³/mol. The van der Waals surface area contributed by atoms with Crippen molar-refractivity contribution < 1.29 is 9.59 Å². The molecule has 1 aliphatic carbocycles. The lowest BCUT2D eigenvalue weighted by molar-refractivity contribution is 0.0973. The maximum atomic E-state index is 12.1. The number of Topliss-reactive ketones (excluding diaryl/α,β-unsaturated/α-hetero) is 2. The van der Waals surface area contributed by atoms with Crippen molar-refractivity contribution in [2.75, 3.05) is 0 Å². The van der Waals surface area contributed by atoms with Crippen LogP contribution < -0.4 is 0 Å². The first-order chi connectivity index (χ1) is 7.54. The number of hydrogen-bond acceptors (Lipinski definition) is 2. The van der Waals surface area contributed by atoms with E-state index in [2.05, 4.69) is 0 Å². The molecule has 0 saturated carbocycles. The molecule has 0 aliphatic heterocycles. The zero-order valence-electron chi connectivity index (χ0n) is 9.08. The Morgan fingerprint density at radius 2 is 1.50 bits per heavy atom. The van der Waals surface area contributed by atoms with Crippen LogP contribution in [0.2, 0.25) is 0 Å². The Hall–Kier alpha value is -1.41. The molecule has 0 amide bonds. The fraction of sp³-hybridized carbons (Fsp3) is 0.231. The summed E-state index contributed by atoms with van der Waals surface area (Å²) in [7, 11) is 0. The third-order valence-corrected chi connectivity index (χ3v) is 3.05. The molecule has 0 radical (unpaired) electrons. The summed E-state index contributed by atoms with van der Waals surface area (Å²) in [5.74, 6) is -0.423. The molecule has 0 spiro atoms. The van der Waals surface area contributed by atoms with Crippen molar-refractivity contribution in [3.8, 4) is 0 Å². The largest absolute Gasteiger partial charge is 0.289 e. The number of carbonyl (C=O) groups excluding carboxylic acids is 2. The number of fused-ring (bicyclic) bond motifs is 1. The minimum Gasteiger partial charge on any atom is -0.289 e. The molecule has 1 aromatic carbocycles. The van der Waals surface area contributed by atoms with Crippen LogP contribution in [0.1, 0.15) is 34.6 Å². The molecular formula is C13H11ClO2. The summed E-state index contributed by atoms with van der Waals surface area (Å²) < 4.78 is 0. The quantitative estimate of drug-likeness (QED) is 0.748. The highest BCUT2D eigenvalue weighted by atomic mass is 35.5. The van der Waals surface area contributed by atoms with Gasteiger partial charge in [-0.25, -0.2) is 0 Å². The van der Waals surface area contributed by atoms with Crippen molar-refractivity contribution in [2.24, 2.45) is 5.92 Å². The van der Waals surface area contributed by atoms with Crippen molar-refractivity contribution >= 4 is 23.2 Å². The van der Waals surface area contributed by atoms with Gasteiger partial charge in [-0.3, -0.25) is 9.59 Å². The molecule has 0 heterocycles. The first-order valence-corrected chi connectivity index (χ1v) is 5.50. The van der Waals surface area contributed by atoms with E-state index < -0.39 is 0 Å². The van der Waals surface area contributed by atoms with Gasteiger partial charge in [0.25, 0.3) is 0 Å². The number of hydrogen-bond donors (Lipinski definition) is 0. The molecule has 1 aliphatic rings. The Balaban J connectivity index is 2.68. The van der Waals surface area contributed by atoms with Gasteiger partial charge in [0, 0.05) is 16.7 Å². The molecule has 0 aromatic heterocycles. The second-order valence-electron chi connectivity index (χ2n) is 4.09. The Bertz CT molecular complexity index is 512. The number of rotatable bonds is 1. The maximum absolute atomic E-state index is 12.1. The zero-order chi connectivity index (χ0) is 11.9. The first-order valence-electron chi connectivity index (χ1n) is 5.12. The monoisotopic (exact) mass is 234 g/mol. The summed E-state index contributed by atoms with van der Waals surface area (Å²) in [4.78, 5) is 24.1. The molecule has 2 nitrogen and oxygen atoms in total. The third kappa shape index (κ3) is 1.50. The van der Waals surface area contributed by atoms with Gasteiger partial charge in [-0.1, -0.05) is 49.7 Å². The summed E-state index contributed by atoms with van der Waals surface area (Å²) in [5.41, 5.74) is 1.29. The number of benzene rings is 1. The van der Waals surface area contributed by atoms with E-state index in [4.69, 9.17) is 11.6 Å². The van der Waals surface area contributed by atoms with Gasteiger partial charge in [0.2, 0.25) is 5.78 Å². The molecule has 0 fully saturated rings. The van der Waals surface area contributed by atoms with E-state index >= 15 is 0 Å². The van der Waals surface area contributed by atoms with Gasteiger partial charge >= 0.3 is 0 Å². The van der Waals surface area contributed by atoms with E-state index in [9.17, 15) is 9.59 Å².